The van der Waals surface area contributed by atoms with Crippen LogP contribution in [0, 0.1) is 0 Å². The molecule has 0 atom stereocenters. The van der Waals surface area contributed by atoms with Crippen LogP contribution in [-0.4, -0.2) is 25.5 Å². The van der Waals surface area contributed by atoms with E-state index in [1.54, 1.807) is 18.1 Å². The lowest BCUT2D eigenvalue weighted by atomic mass is 10.0. The SMILES string of the molecule is COc1cc(NC(=O)c2sccc2C(C)C)ccc1N1CCCC1=O. The summed E-state index contributed by atoms with van der Waals surface area (Å²) in [5, 5.41) is 4.87. The smallest absolute Gasteiger partial charge is 0.266 e. The number of amides is 2. The first-order valence-corrected chi connectivity index (χ1v) is 9.26. The molecule has 0 aliphatic carbocycles. The van der Waals surface area contributed by atoms with Crippen molar-refractivity contribution < 1.29 is 14.3 Å². The molecule has 1 N–H and O–H groups in total. The van der Waals surface area contributed by atoms with Crippen molar-refractivity contribution >= 4 is 34.5 Å². The first-order valence-electron chi connectivity index (χ1n) is 8.38. The van der Waals surface area contributed by atoms with Crippen molar-refractivity contribution in [3.05, 3.63) is 40.1 Å². The van der Waals surface area contributed by atoms with Gasteiger partial charge in [-0.25, -0.2) is 0 Å². The number of carbonyl (C=O) groups excluding carboxylic acids is 2. The number of nitrogens with one attached hydrogen (secondary N) is 1. The Morgan fingerprint density at radius 3 is 2.76 bits per heavy atom. The highest BCUT2D eigenvalue weighted by Crippen LogP contribution is 2.34. The number of anilines is 2. The molecular formula is C19H22N2O3S. The van der Waals surface area contributed by atoms with Gasteiger partial charge in [0.2, 0.25) is 5.91 Å². The largest absolute Gasteiger partial charge is 0.494 e. The maximum atomic E-state index is 12.6. The minimum absolute atomic E-state index is 0.107. The van der Waals surface area contributed by atoms with Crippen LogP contribution in [0.1, 0.15) is 47.8 Å². The Hall–Kier alpha value is -2.34. The van der Waals surface area contributed by atoms with Crippen molar-refractivity contribution in [1.82, 2.24) is 0 Å². The highest BCUT2D eigenvalue weighted by molar-refractivity contribution is 7.12. The Balaban J connectivity index is 1.82. The second-order valence-electron chi connectivity index (χ2n) is 6.35. The van der Waals surface area contributed by atoms with E-state index in [2.05, 4.69) is 19.2 Å². The van der Waals surface area contributed by atoms with Gasteiger partial charge in [-0.05, 0) is 41.5 Å². The van der Waals surface area contributed by atoms with Gasteiger partial charge in [0.25, 0.3) is 5.91 Å². The topological polar surface area (TPSA) is 58.6 Å². The molecule has 0 radical (unpaired) electrons. The summed E-state index contributed by atoms with van der Waals surface area (Å²) in [5.74, 6) is 0.870. The van der Waals surface area contributed by atoms with E-state index in [4.69, 9.17) is 4.74 Å². The lowest BCUT2D eigenvalue weighted by molar-refractivity contribution is -0.117. The van der Waals surface area contributed by atoms with Crippen molar-refractivity contribution in [2.75, 3.05) is 23.9 Å². The molecule has 1 saturated heterocycles. The molecule has 0 saturated carbocycles. The summed E-state index contributed by atoms with van der Waals surface area (Å²) in [4.78, 5) is 27.0. The highest BCUT2D eigenvalue weighted by Gasteiger charge is 2.25. The number of ether oxygens (including phenoxy) is 1. The number of rotatable bonds is 5. The van der Waals surface area contributed by atoms with E-state index in [1.807, 2.05) is 23.6 Å². The number of nitrogens with zero attached hydrogens (tertiary/aromatic N) is 1. The molecule has 0 bridgehead atoms. The summed E-state index contributed by atoms with van der Waals surface area (Å²) in [6.07, 6.45) is 1.43. The molecule has 2 aromatic rings. The summed E-state index contributed by atoms with van der Waals surface area (Å²) < 4.78 is 5.44. The summed E-state index contributed by atoms with van der Waals surface area (Å²) in [6, 6.07) is 7.40. The average Bonchev–Trinajstić information content (AvgIpc) is 3.23. The van der Waals surface area contributed by atoms with Crippen molar-refractivity contribution in [2.45, 2.75) is 32.6 Å². The molecule has 2 amide bonds. The molecule has 5 nitrogen and oxygen atoms in total. The minimum Gasteiger partial charge on any atom is -0.494 e. The van der Waals surface area contributed by atoms with Gasteiger partial charge in [0.05, 0.1) is 17.7 Å². The quantitative estimate of drug-likeness (QED) is 0.869. The Morgan fingerprint density at radius 2 is 2.12 bits per heavy atom. The molecule has 1 fully saturated rings. The van der Waals surface area contributed by atoms with Crippen molar-refractivity contribution in [1.29, 1.82) is 0 Å². The van der Waals surface area contributed by atoms with Gasteiger partial charge >= 0.3 is 0 Å². The van der Waals surface area contributed by atoms with Gasteiger partial charge in [0.15, 0.2) is 0 Å². The van der Waals surface area contributed by atoms with E-state index in [1.165, 1.54) is 11.3 Å². The van der Waals surface area contributed by atoms with Crippen LogP contribution in [-0.2, 0) is 4.79 Å². The summed E-state index contributed by atoms with van der Waals surface area (Å²) in [6.45, 7) is 4.85. The van der Waals surface area contributed by atoms with Gasteiger partial charge in [0, 0.05) is 24.7 Å². The van der Waals surface area contributed by atoms with Crippen molar-refractivity contribution in [2.24, 2.45) is 0 Å². The van der Waals surface area contributed by atoms with Gasteiger partial charge in [-0.1, -0.05) is 13.8 Å². The highest BCUT2D eigenvalue weighted by atomic mass is 32.1. The van der Waals surface area contributed by atoms with Crippen LogP contribution in [0.25, 0.3) is 0 Å². The van der Waals surface area contributed by atoms with Crippen LogP contribution in [0.4, 0.5) is 11.4 Å². The third-order valence-electron chi connectivity index (χ3n) is 4.33. The molecule has 1 aromatic heterocycles. The van der Waals surface area contributed by atoms with E-state index in [0.717, 1.165) is 22.5 Å². The summed E-state index contributed by atoms with van der Waals surface area (Å²) in [5.41, 5.74) is 2.45. The molecule has 1 aliphatic heterocycles. The normalized spacial score (nSPS) is 14.2. The number of methoxy groups -OCH3 is 1. The molecule has 6 heteroatoms. The van der Waals surface area contributed by atoms with E-state index in [9.17, 15) is 9.59 Å². The molecule has 132 valence electrons. The van der Waals surface area contributed by atoms with E-state index in [0.29, 0.717) is 30.3 Å². The van der Waals surface area contributed by atoms with Crippen molar-refractivity contribution in [3.63, 3.8) is 0 Å². The van der Waals surface area contributed by atoms with Crippen LogP contribution < -0.4 is 15.0 Å². The lowest BCUT2D eigenvalue weighted by Gasteiger charge is -2.19. The summed E-state index contributed by atoms with van der Waals surface area (Å²) in [7, 11) is 1.57. The molecule has 0 spiro atoms. The van der Waals surface area contributed by atoms with Gasteiger partial charge in [-0.3, -0.25) is 9.59 Å². The average molecular weight is 358 g/mol. The predicted molar refractivity (Wildman–Crippen MR) is 101 cm³/mol. The zero-order chi connectivity index (χ0) is 18.0. The summed E-state index contributed by atoms with van der Waals surface area (Å²) >= 11 is 1.44. The fourth-order valence-electron chi connectivity index (χ4n) is 3.03. The first-order chi connectivity index (χ1) is 12.0. The molecule has 0 unspecified atom stereocenters. The maximum Gasteiger partial charge on any atom is 0.266 e. The van der Waals surface area contributed by atoms with Crippen LogP contribution in [0.2, 0.25) is 0 Å². The van der Waals surface area contributed by atoms with E-state index >= 15 is 0 Å². The Labute approximate surface area is 151 Å². The molecular weight excluding hydrogens is 336 g/mol. The molecule has 25 heavy (non-hydrogen) atoms. The van der Waals surface area contributed by atoms with Crippen LogP contribution in [0.3, 0.4) is 0 Å². The molecule has 2 heterocycles. The van der Waals surface area contributed by atoms with E-state index in [-0.39, 0.29) is 11.8 Å². The molecule has 3 rings (SSSR count). The van der Waals surface area contributed by atoms with Gasteiger partial charge in [-0.15, -0.1) is 11.3 Å². The Bertz CT molecular complexity index is 798. The standard InChI is InChI=1S/C19H22N2O3S/c1-12(2)14-8-10-25-18(14)19(23)20-13-6-7-15(16(11-13)24-3)21-9-4-5-17(21)22/h6-8,10-12H,4-5,9H2,1-3H3,(H,20,23). The number of benzene rings is 1. The minimum atomic E-state index is -0.120. The molecule has 1 aliphatic rings. The monoisotopic (exact) mass is 358 g/mol. The zero-order valence-electron chi connectivity index (χ0n) is 14.7. The third-order valence-corrected chi connectivity index (χ3v) is 5.25. The first kappa shape index (κ1) is 17.5. The van der Waals surface area contributed by atoms with E-state index < -0.39 is 0 Å². The Kier molecular flexibility index (Phi) is 5.08. The number of carbonyl (C=O) groups is 2. The van der Waals surface area contributed by atoms with Gasteiger partial charge in [0.1, 0.15) is 5.75 Å². The third kappa shape index (κ3) is 3.54. The van der Waals surface area contributed by atoms with Crippen LogP contribution in [0.15, 0.2) is 29.6 Å². The van der Waals surface area contributed by atoms with Crippen molar-refractivity contribution in [3.8, 4) is 5.75 Å². The van der Waals surface area contributed by atoms with Gasteiger partial charge < -0.3 is 15.0 Å². The number of thiophene rings is 1. The Morgan fingerprint density at radius 1 is 1.32 bits per heavy atom. The molecule has 1 aromatic carbocycles. The maximum absolute atomic E-state index is 12.6. The second kappa shape index (κ2) is 7.27. The predicted octanol–water partition coefficient (Wildman–Crippen LogP) is 4.26. The fourth-order valence-corrected chi connectivity index (χ4v) is 3.98. The lowest BCUT2D eigenvalue weighted by Crippen LogP contribution is -2.24. The zero-order valence-corrected chi connectivity index (χ0v) is 15.5. The second-order valence-corrected chi connectivity index (χ2v) is 7.27. The number of hydrogen-bond donors (Lipinski definition) is 1. The number of hydrogen-bond acceptors (Lipinski definition) is 4. The van der Waals surface area contributed by atoms with Gasteiger partial charge in [-0.2, -0.15) is 0 Å². The van der Waals surface area contributed by atoms with Crippen LogP contribution >= 0.6 is 11.3 Å². The van der Waals surface area contributed by atoms with Crippen LogP contribution in [0.5, 0.6) is 5.75 Å². The fraction of sp³-hybridized carbons (Fsp3) is 0.368.